The van der Waals surface area contributed by atoms with Crippen LogP contribution in [0.2, 0.25) is 0 Å². The summed E-state index contributed by atoms with van der Waals surface area (Å²) in [5.74, 6) is 2.66. The van der Waals surface area contributed by atoms with Crippen LogP contribution in [0.1, 0.15) is 28.2 Å². The molecule has 3 heteroatoms. The van der Waals surface area contributed by atoms with E-state index >= 15 is 0 Å². The molecule has 0 saturated carbocycles. The van der Waals surface area contributed by atoms with Gasteiger partial charge in [0.2, 0.25) is 0 Å². The number of carbonyl (C=O) groups is 1. The van der Waals surface area contributed by atoms with Gasteiger partial charge in [0.25, 0.3) is 0 Å². The molecular formula is C26H21NO2. The molecule has 1 aliphatic carbocycles. The van der Waals surface area contributed by atoms with E-state index in [-0.39, 0.29) is 5.92 Å². The van der Waals surface area contributed by atoms with Gasteiger partial charge in [-0.1, -0.05) is 78.7 Å². The molecule has 4 rings (SSSR count). The van der Waals surface area contributed by atoms with Gasteiger partial charge >= 0.3 is 6.09 Å². The highest BCUT2D eigenvalue weighted by molar-refractivity contribution is 5.79. The largest absolute Gasteiger partial charge is 0.449 e. The lowest BCUT2D eigenvalue weighted by atomic mass is 9.98. The standard InChI is InChI=1S/C26H21NO2/c1-2-19-13-15-20(16-14-19)8-7-17-27-26(28)29-18-25-23-11-5-3-9-21(23)22-10-4-6-12-24(22)25/h1,3-16,25H,17-18H2,(H,27,28). The van der Waals surface area contributed by atoms with Crippen LogP contribution in [0.15, 0.2) is 78.9 Å². The molecule has 0 fully saturated rings. The van der Waals surface area contributed by atoms with Gasteiger partial charge in [0.15, 0.2) is 0 Å². The van der Waals surface area contributed by atoms with Crippen LogP contribution in [0.25, 0.3) is 17.2 Å². The molecule has 29 heavy (non-hydrogen) atoms. The van der Waals surface area contributed by atoms with Gasteiger partial charge in [-0.2, -0.15) is 0 Å². The maximum atomic E-state index is 12.1. The number of alkyl carbamates (subject to hydrolysis) is 1. The summed E-state index contributed by atoms with van der Waals surface area (Å²) in [5, 5.41) is 2.77. The average molecular weight is 379 g/mol. The second-order valence-corrected chi connectivity index (χ2v) is 6.88. The van der Waals surface area contributed by atoms with Gasteiger partial charge < -0.3 is 10.1 Å². The number of nitrogens with one attached hydrogen (secondary N) is 1. The van der Waals surface area contributed by atoms with Crippen molar-refractivity contribution in [3.05, 3.63) is 101 Å². The molecule has 0 unspecified atom stereocenters. The van der Waals surface area contributed by atoms with Crippen molar-refractivity contribution in [1.82, 2.24) is 5.32 Å². The molecule has 1 amide bonds. The van der Waals surface area contributed by atoms with Crippen molar-refractivity contribution in [3.63, 3.8) is 0 Å². The molecule has 0 aromatic heterocycles. The van der Waals surface area contributed by atoms with Gasteiger partial charge in [-0.15, -0.1) is 6.42 Å². The van der Waals surface area contributed by atoms with Crippen molar-refractivity contribution in [1.29, 1.82) is 0 Å². The highest BCUT2D eigenvalue weighted by Gasteiger charge is 2.28. The first-order valence-electron chi connectivity index (χ1n) is 9.58. The molecule has 1 N–H and O–H groups in total. The van der Waals surface area contributed by atoms with E-state index in [1.165, 1.54) is 22.3 Å². The predicted octanol–water partition coefficient (Wildman–Crippen LogP) is 5.22. The number of hydrogen-bond acceptors (Lipinski definition) is 2. The smallest absolute Gasteiger partial charge is 0.407 e. The minimum absolute atomic E-state index is 0.0679. The van der Waals surface area contributed by atoms with Crippen LogP contribution in [0.4, 0.5) is 4.79 Å². The van der Waals surface area contributed by atoms with Gasteiger partial charge in [-0.05, 0) is 39.9 Å². The number of terminal acetylenes is 1. The van der Waals surface area contributed by atoms with Crippen LogP contribution in [0.5, 0.6) is 0 Å². The van der Waals surface area contributed by atoms with Crippen molar-refractivity contribution in [2.24, 2.45) is 0 Å². The van der Waals surface area contributed by atoms with Crippen LogP contribution in [0.3, 0.4) is 0 Å². The molecule has 142 valence electrons. The summed E-state index contributed by atoms with van der Waals surface area (Å²) >= 11 is 0. The fourth-order valence-corrected chi connectivity index (χ4v) is 3.68. The number of carbonyl (C=O) groups excluding carboxylic acids is 1. The molecule has 1 aliphatic rings. The topological polar surface area (TPSA) is 38.3 Å². The predicted molar refractivity (Wildman–Crippen MR) is 116 cm³/mol. The van der Waals surface area contributed by atoms with E-state index < -0.39 is 6.09 Å². The molecule has 0 atom stereocenters. The van der Waals surface area contributed by atoms with Crippen LogP contribution in [-0.2, 0) is 4.74 Å². The lowest BCUT2D eigenvalue weighted by Crippen LogP contribution is -2.26. The maximum Gasteiger partial charge on any atom is 0.407 e. The molecule has 0 heterocycles. The van der Waals surface area contributed by atoms with E-state index in [2.05, 4.69) is 35.5 Å². The molecule has 0 saturated heterocycles. The third-order valence-corrected chi connectivity index (χ3v) is 5.10. The Morgan fingerprint density at radius 2 is 1.59 bits per heavy atom. The third-order valence-electron chi connectivity index (χ3n) is 5.10. The Morgan fingerprint density at radius 3 is 2.21 bits per heavy atom. The second kappa shape index (κ2) is 8.50. The number of benzene rings is 3. The molecule has 0 aliphatic heterocycles. The van der Waals surface area contributed by atoms with Crippen molar-refractivity contribution in [2.75, 3.05) is 13.2 Å². The number of ether oxygens (including phenoxy) is 1. The summed E-state index contributed by atoms with van der Waals surface area (Å²) in [4.78, 5) is 12.1. The van der Waals surface area contributed by atoms with E-state index in [4.69, 9.17) is 11.2 Å². The third kappa shape index (κ3) is 4.07. The van der Waals surface area contributed by atoms with Crippen LogP contribution >= 0.6 is 0 Å². The summed E-state index contributed by atoms with van der Waals surface area (Å²) in [6.07, 6.45) is 8.75. The number of amides is 1. The zero-order valence-corrected chi connectivity index (χ0v) is 16.0. The molecule has 0 bridgehead atoms. The van der Waals surface area contributed by atoms with Crippen molar-refractivity contribution >= 4 is 12.2 Å². The van der Waals surface area contributed by atoms with Crippen LogP contribution in [0, 0.1) is 12.3 Å². The van der Waals surface area contributed by atoms with E-state index in [1.807, 2.05) is 60.7 Å². The number of hydrogen-bond donors (Lipinski definition) is 1. The Balaban J connectivity index is 1.32. The minimum atomic E-state index is -0.417. The monoisotopic (exact) mass is 379 g/mol. The molecule has 3 nitrogen and oxygen atoms in total. The van der Waals surface area contributed by atoms with Crippen LogP contribution in [-0.4, -0.2) is 19.2 Å². The Kier molecular flexibility index (Phi) is 5.45. The maximum absolute atomic E-state index is 12.1. The molecule has 0 spiro atoms. The van der Waals surface area contributed by atoms with Crippen molar-refractivity contribution in [2.45, 2.75) is 5.92 Å². The Hall–Kier alpha value is -3.77. The van der Waals surface area contributed by atoms with E-state index in [0.29, 0.717) is 13.2 Å². The summed E-state index contributed by atoms with van der Waals surface area (Å²) in [5.41, 5.74) is 6.72. The zero-order chi connectivity index (χ0) is 20.1. The lowest BCUT2D eigenvalue weighted by Gasteiger charge is -2.14. The van der Waals surface area contributed by atoms with Gasteiger partial charge in [0.05, 0.1) is 0 Å². The first kappa shape index (κ1) is 18.6. The van der Waals surface area contributed by atoms with Gasteiger partial charge in [0, 0.05) is 18.0 Å². The van der Waals surface area contributed by atoms with E-state index in [9.17, 15) is 4.79 Å². The Labute approximate surface area is 171 Å². The molecule has 0 radical (unpaired) electrons. The summed E-state index contributed by atoms with van der Waals surface area (Å²) in [6, 6.07) is 24.2. The summed E-state index contributed by atoms with van der Waals surface area (Å²) in [6.45, 7) is 0.713. The highest BCUT2D eigenvalue weighted by Crippen LogP contribution is 2.44. The first-order chi connectivity index (χ1) is 14.3. The van der Waals surface area contributed by atoms with Gasteiger partial charge in [-0.25, -0.2) is 4.79 Å². The number of fused-ring (bicyclic) bond motifs is 3. The Bertz CT molecular complexity index is 1040. The normalized spacial score (nSPS) is 12.2. The highest BCUT2D eigenvalue weighted by atomic mass is 16.5. The molecular weight excluding hydrogens is 358 g/mol. The molecule has 3 aromatic carbocycles. The molecule has 3 aromatic rings. The zero-order valence-electron chi connectivity index (χ0n) is 16.0. The average Bonchev–Trinajstić information content (AvgIpc) is 3.09. The van der Waals surface area contributed by atoms with Gasteiger partial charge in [-0.3, -0.25) is 0 Å². The fourth-order valence-electron chi connectivity index (χ4n) is 3.68. The summed E-state index contributed by atoms with van der Waals surface area (Å²) < 4.78 is 5.52. The number of rotatable bonds is 5. The van der Waals surface area contributed by atoms with Crippen molar-refractivity contribution in [3.8, 4) is 23.5 Å². The van der Waals surface area contributed by atoms with Crippen LogP contribution < -0.4 is 5.32 Å². The first-order valence-corrected chi connectivity index (χ1v) is 9.58. The summed E-state index contributed by atoms with van der Waals surface area (Å²) in [7, 11) is 0. The lowest BCUT2D eigenvalue weighted by molar-refractivity contribution is 0.144. The SMILES string of the molecule is C#Cc1ccc(C=CCNC(=O)OCC2c3ccccc3-c3ccccc32)cc1. The van der Waals surface area contributed by atoms with E-state index in [0.717, 1.165) is 11.1 Å². The van der Waals surface area contributed by atoms with Crippen molar-refractivity contribution < 1.29 is 9.53 Å². The van der Waals surface area contributed by atoms with E-state index in [1.54, 1.807) is 0 Å². The van der Waals surface area contributed by atoms with Gasteiger partial charge in [0.1, 0.15) is 6.61 Å². The minimum Gasteiger partial charge on any atom is -0.449 e. The quantitative estimate of drug-likeness (QED) is 0.617. The fraction of sp³-hybridized carbons (Fsp3) is 0.115. The second-order valence-electron chi connectivity index (χ2n) is 6.88. The Morgan fingerprint density at radius 1 is 0.966 bits per heavy atom.